The molecule has 0 fully saturated rings. The fraction of sp³-hybridized carbons (Fsp3) is 0.188. The van der Waals surface area contributed by atoms with Crippen LogP contribution in [0.4, 0.5) is 8.78 Å². The molecule has 1 aliphatic rings. The molecule has 0 aliphatic heterocycles. The van der Waals surface area contributed by atoms with Gasteiger partial charge < -0.3 is 4.98 Å². The molecule has 0 saturated heterocycles. The van der Waals surface area contributed by atoms with E-state index in [1.54, 1.807) is 0 Å². The minimum atomic E-state index is -0.856. The molecule has 0 saturated carbocycles. The van der Waals surface area contributed by atoms with Gasteiger partial charge in [-0.05, 0) is 24.0 Å². The van der Waals surface area contributed by atoms with Crippen LogP contribution >= 0.6 is 0 Å². The predicted molar refractivity (Wildman–Crippen MR) is 72.6 cm³/mol. The molecule has 100 valence electrons. The van der Waals surface area contributed by atoms with E-state index >= 15 is 0 Å². The second-order valence-corrected chi connectivity index (χ2v) is 5.28. The number of aromatic nitrogens is 2. The summed E-state index contributed by atoms with van der Waals surface area (Å²) in [6.45, 7) is 0. The van der Waals surface area contributed by atoms with E-state index in [0.29, 0.717) is 11.0 Å². The van der Waals surface area contributed by atoms with Crippen molar-refractivity contribution in [1.82, 2.24) is 9.97 Å². The second-order valence-electron chi connectivity index (χ2n) is 5.28. The first-order chi connectivity index (χ1) is 9.70. The van der Waals surface area contributed by atoms with Crippen LogP contribution < -0.4 is 0 Å². The standard InChI is InChI=1S/C16H12F2N2/c17-12-7-14-15(8-13(12)18)20-16(19-14)11-5-9-3-1-2-4-10(9)6-11/h1-4,7-8,11H,5-6H2,(H,19,20). The second kappa shape index (κ2) is 4.13. The Labute approximate surface area is 114 Å². The highest BCUT2D eigenvalue weighted by Crippen LogP contribution is 2.33. The Kier molecular flexibility index (Phi) is 2.39. The Balaban J connectivity index is 1.74. The SMILES string of the molecule is Fc1cc2nc(C3Cc4ccccc4C3)[nH]c2cc1F. The van der Waals surface area contributed by atoms with Crippen molar-refractivity contribution >= 4 is 11.0 Å². The van der Waals surface area contributed by atoms with Gasteiger partial charge in [-0.2, -0.15) is 0 Å². The van der Waals surface area contributed by atoms with Gasteiger partial charge in [0.15, 0.2) is 11.6 Å². The van der Waals surface area contributed by atoms with Crippen LogP contribution in [0.25, 0.3) is 11.0 Å². The zero-order valence-corrected chi connectivity index (χ0v) is 10.7. The fourth-order valence-corrected chi connectivity index (χ4v) is 2.97. The van der Waals surface area contributed by atoms with E-state index in [1.165, 1.54) is 17.2 Å². The van der Waals surface area contributed by atoms with E-state index in [0.717, 1.165) is 24.7 Å². The lowest BCUT2D eigenvalue weighted by Gasteiger charge is -2.03. The van der Waals surface area contributed by atoms with E-state index in [9.17, 15) is 8.78 Å². The van der Waals surface area contributed by atoms with Crippen LogP contribution in [0.15, 0.2) is 36.4 Å². The Morgan fingerprint density at radius 3 is 2.35 bits per heavy atom. The highest BCUT2D eigenvalue weighted by atomic mass is 19.2. The third kappa shape index (κ3) is 1.72. The molecule has 0 radical (unpaired) electrons. The minimum absolute atomic E-state index is 0.255. The van der Waals surface area contributed by atoms with Gasteiger partial charge in [0.05, 0.1) is 11.0 Å². The first-order valence-electron chi connectivity index (χ1n) is 6.62. The summed E-state index contributed by atoms with van der Waals surface area (Å²) in [6.07, 6.45) is 1.84. The number of aromatic amines is 1. The predicted octanol–water partition coefficient (Wildman–Crippen LogP) is 3.72. The van der Waals surface area contributed by atoms with Crippen LogP contribution in [0.1, 0.15) is 22.9 Å². The number of benzene rings is 2. The first-order valence-corrected chi connectivity index (χ1v) is 6.62. The van der Waals surface area contributed by atoms with Gasteiger partial charge in [-0.1, -0.05) is 24.3 Å². The lowest BCUT2D eigenvalue weighted by Crippen LogP contribution is -1.99. The molecular weight excluding hydrogens is 258 g/mol. The molecule has 2 aromatic carbocycles. The third-order valence-electron chi connectivity index (χ3n) is 3.98. The molecule has 1 N–H and O–H groups in total. The van der Waals surface area contributed by atoms with Crippen molar-refractivity contribution in [2.75, 3.05) is 0 Å². The molecule has 1 heterocycles. The van der Waals surface area contributed by atoms with Crippen LogP contribution in [0, 0.1) is 11.6 Å². The van der Waals surface area contributed by atoms with Gasteiger partial charge >= 0.3 is 0 Å². The first kappa shape index (κ1) is 11.6. The van der Waals surface area contributed by atoms with E-state index in [4.69, 9.17) is 0 Å². The summed E-state index contributed by atoms with van der Waals surface area (Å²) in [6, 6.07) is 10.6. The van der Waals surface area contributed by atoms with Gasteiger partial charge in [0.2, 0.25) is 0 Å². The lowest BCUT2D eigenvalue weighted by atomic mass is 10.1. The van der Waals surface area contributed by atoms with Crippen LogP contribution in [-0.4, -0.2) is 9.97 Å². The summed E-state index contributed by atoms with van der Waals surface area (Å²) in [4.78, 5) is 7.54. The number of halogens is 2. The van der Waals surface area contributed by atoms with Gasteiger partial charge in [-0.3, -0.25) is 0 Å². The summed E-state index contributed by atoms with van der Waals surface area (Å²) in [5, 5.41) is 0. The number of H-pyrrole nitrogens is 1. The minimum Gasteiger partial charge on any atom is -0.342 e. The molecule has 0 spiro atoms. The number of imidazole rings is 1. The van der Waals surface area contributed by atoms with E-state index in [1.807, 2.05) is 12.1 Å². The Bertz CT molecular complexity index is 743. The molecule has 0 unspecified atom stereocenters. The number of nitrogens with zero attached hydrogens (tertiary/aromatic N) is 1. The van der Waals surface area contributed by atoms with Crippen molar-refractivity contribution < 1.29 is 8.78 Å². The van der Waals surface area contributed by atoms with Gasteiger partial charge in [0.1, 0.15) is 5.82 Å². The highest BCUT2D eigenvalue weighted by molar-refractivity contribution is 5.75. The number of hydrogen-bond donors (Lipinski definition) is 1. The normalized spacial score (nSPS) is 14.9. The lowest BCUT2D eigenvalue weighted by molar-refractivity contribution is 0.510. The molecule has 3 aromatic rings. The molecule has 0 bridgehead atoms. The molecule has 4 rings (SSSR count). The number of hydrogen-bond acceptors (Lipinski definition) is 1. The summed E-state index contributed by atoms with van der Waals surface area (Å²) in [5.74, 6) is -0.639. The van der Waals surface area contributed by atoms with Gasteiger partial charge in [-0.15, -0.1) is 0 Å². The topological polar surface area (TPSA) is 28.7 Å². The van der Waals surface area contributed by atoms with Crippen LogP contribution in [0.5, 0.6) is 0 Å². The maximum absolute atomic E-state index is 13.2. The molecule has 1 aromatic heterocycles. The number of nitrogens with one attached hydrogen (secondary N) is 1. The van der Waals surface area contributed by atoms with Crippen molar-refractivity contribution in [3.63, 3.8) is 0 Å². The zero-order chi connectivity index (χ0) is 13.7. The molecule has 1 aliphatic carbocycles. The molecule has 0 atom stereocenters. The van der Waals surface area contributed by atoms with Crippen molar-refractivity contribution in [3.8, 4) is 0 Å². The molecular formula is C16H12F2N2. The quantitative estimate of drug-likeness (QED) is 0.717. The highest BCUT2D eigenvalue weighted by Gasteiger charge is 2.25. The van der Waals surface area contributed by atoms with Crippen molar-refractivity contribution in [1.29, 1.82) is 0 Å². The zero-order valence-electron chi connectivity index (χ0n) is 10.7. The van der Waals surface area contributed by atoms with Crippen molar-refractivity contribution in [3.05, 3.63) is 65.0 Å². The van der Waals surface area contributed by atoms with Gasteiger partial charge in [0.25, 0.3) is 0 Å². The van der Waals surface area contributed by atoms with E-state index in [2.05, 4.69) is 22.1 Å². The summed E-state index contributed by atoms with van der Waals surface area (Å²) in [7, 11) is 0. The summed E-state index contributed by atoms with van der Waals surface area (Å²) >= 11 is 0. The molecule has 0 amide bonds. The number of rotatable bonds is 1. The van der Waals surface area contributed by atoms with E-state index < -0.39 is 11.6 Å². The van der Waals surface area contributed by atoms with Crippen molar-refractivity contribution in [2.24, 2.45) is 0 Å². The van der Waals surface area contributed by atoms with Crippen LogP contribution in [0.2, 0.25) is 0 Å². The maximum Gasteiger partial charge on any atom is 0.161 e. The molecule has 20 heavy (non-hydrogen) atoms. The summed E-state index contributed by atoms with van der Waals surface area (Å²) in [5.41, 5.74) is 3.69. The number of fused-ring (bicyclic) bond motifs is 2. The molecule has 2 nitrogen and oxygen atoms in total. The molecule has 4 heteroatoms. The van der Waals surface area contributed by atoms with Gasteiger partial charge in [0, 0.05) is 18.1 Å². The Morgan fingerprint density at radius 1 is 1.00 bits per heavy atom. The van der Waals surface area contributed by atoms with Gasteiger partial charge in [-0.25, -0.2) is 13.8 Å². The monoisotopic (exact) mass is 270 g/mol. The maximum atomic E-state index is 13.2. The third-order valence-corrected chi connectivity index (χ3v) is 3.98. The Hall–Kier alpha value is -2.23. The van der Waals surface area contributed by atoms with E-state index in [-0.39, 0.29) is 5.92 Å². The van der Waals surface area contributed by atoms with Crippen molar-refractivity contribution in [2.45, 2.75) is 18.8 Å². The average Bonchev–Trinajstić information content (AvgIpc) is 3.02. The largest absolute Gasteiger partial charge is 0.342 e. The fourth-order valence-electron chi connectivity index (χ4n) is 2.97. The average molecular weight is 270 g/mol. The van der Waals surface area contributed by atoms with Crippen LogP contribution in [0.3, 0.4) is 0 Å². The smallest absolute Gasteiger partial charge is 0.161 e. The van der Waals surface area contributed by atoms with Crippen LogP contribution in [-0.2, 0) is 12.8 Å². The summed E-state index contributed by atoms with van der Waals surface area (Å²) < 4.78 is 26.4. The Morgan fingerprint density at radius 2 is 1.65 bits per heavy atom.